The van der Waals surface area contributed by atoms with Crippen molar-refractivity contribution in [1.29, 1.82) is 0 Å². The number of halogens is 2. The standard InChI is InChI=1S/C15H20BrFN2O2/c1-2-21-15(20)14(19-8-3-6-18-7-9-19)11-4-5-12(16)13(17)10-11/h4-5,10,14,18H,2-3,6-9H2,1H3. The molecule has 1 fully saturated rings. The normalized spacial score (nSPS) is 18.0. The molecule has 1 N–H and O–H groups in total. The second-order valence-electron chi connectivity index (χ2n) is 4.97. The maximum atomic E-state index is 13.8. The summed E-state index contributed by atoms with van der Waals surface area (Å²) in [6, 6.07) is 4.26. The number of carbonyl (C=O) groups is 1. The molecule has 1 atom stereocenters. The van der Waals surface area contributed by atoms with Gasteiger partial charge in [0.15, 0.2) is 0 Å². The van der Waals surface area contributed by atoms with Gasteiger partial charge in [-0.2, -0.15) is 0 Å². The number of nitrogens with zero attached hydrogens (tertiary/aromatic N) is 1. The lowest BCUT2D eigenvalue weighted by Gasteiger charge is -2.29. The average molecular weight is 359 g/mol. The molecule has 0 radical (unpaired) electrons. The quantitative estimate of drug-likeness (QED) is 0.839. The van der Waals surface area contributed by atoms with E-state index in [0.717, 1.165) is 32.6 Å². The highest BCUT2D eigenvalue weighted by Crippen LogP contribution is 2.26. The first-order chi connectivity index (χ1) is 10.1. The summed E-state index contributed by atoms with van der Waals surface area (Å²) < 4.78 is 19.4. The van der Waals surface area contributed by atoms with E-state index in [2.05, 4.69) is 26.1 Å². The summed E-state index contributed by atoms with van der Waals surface area (Å²) in [5.74, 6) is -0.684. The lowest BCUT2D eigenvalue weighted by Crippen LogP contribution is -2.37. The Morgan fingerprint density at radius 3 is 3.00 bits per heavy atom. The summed E-state index contributed by atoms with van der Waals surface area (Å²) in [5, 5.41) is 3.30. The van der Waals surface area contributed by atoms with Crippen LogP contribution in [0.2, 0.25) is 0 Å². The minimum Gasteiger partial charge on any atom is -0.465 e. The van der Waals surface area contributed by atoms with Gasteiger partial charge in [0.2, 0.25) is 0 Å². The van der Waals surface area contributed by atoms with Crippen molar-refractivity contribution in [2.75, 3.05) is 32.8 Å². The van der Waals surface area contributed by atoms with E-state index in [-0.39, 0.29) is 11.8 Å². The molecule has 21 heavy (non-hydrogen) atoms. The first-order valence-electron chi connectivity index (χ1n) is 7.20. The van der Waals surface area contributed by atoms with Crippen molar-refractivity contribution < 1.29 is 13.9 Å². The van der Waals surface area contributed by atoms with Crippen LogP contribution in [0, 0.1) is 5.82 Å². The van der Waals surface area contributed by atoms with Crippen molar-refractivity contribution in [2.45, 2.75) is 19.4 Å². The zero-order chi connectivity index (χ0) is 15.2. The van der Waals surface area contributed by atoms with Crippen molar-refractivity contribution in [1.82, 2.24) is 10.2 Å². The molecule has 0 spiro atoms. The van der Waals surface area contributed by atoms with Crippen molar-refractivity contribution in [3.8, 4) is 0 Å². The third-order valence-corrected chi connectivity index (χ3v) is 4.15. The van der Waals surface area contributed by atoms with Gasteiger partial charge >= 0.3 is 5.97 Å². The predicted octanol–water partition coefficient (Wildman–Crippen LogP) is 2.49. The van der Waals surface area contributed by atoms with Gasteiger partial charge in [0.05, 0.1) is 11.1 Å². The molecule has 1 unspecified atom stereocenters. The Labute approximate surface area is 132 Å². The van der Waals surface area contributed by atoms with E-state index < -0.39 is 6.04 Å². The van der Waals surface area contributed by atoms with Gasteiger partial charge in [-0.3, -0.25) is 4.90 Å². The molecule has 1 aliphatic heterocycles. The lowest BCUT2D eigenvalue weighted by molar-refractivity contribution is -0.149. The Hall–Kier alpha value is -0.980. The van der Waals surface area contributed by atoms with Crippen molar-refractivity contribution >= 4 is 21.9 Å². The molecule has 1 saturated heterocycles. The van der Waals surface area contributed by atoms with Gasteiger partial charge in [-0.25, -0.2) is 9.18 Å². The molecular weight excluding hydrogens is 339 g/mol. The van der Waals surface area contributed by atoms with Crippen LogP contribution >= 0.6 is 15.9 Å². The summed E-state index contributed by atoms with van der Waals surface area (Å²) in [7, 11) is 0. The van der Waals surface area contributed by atoms with Crippen LogP contribution in [0.1, 0.15) is 24.9 Å². The maximum absolute atomic E-state index is 13.8. The monoisotopic (exact) mass is 358 g/mol. The number of ether oxygens (including phenoxy) is 1. The van der Waals surface area contributed by atoms with Crippen molar-refractivity contribution in [3.05, 3.63) is 34.1 Å². The smallest absolute Gasteiger partial charge is 0.328 e. The molecule has 0 aliphatic carbocycles. The number of esters is 1. The number of rotatable bonds is 4. The Kier molecular flexibility index (Phi) is 6.14. The molecular formula is C15H20BrFN2O2. The second-order valence-corrected chi connectivity index (χ2v) is 5.82. The molecule has 6 heteroatoms. The summed E-state index contributed by atoms with van der Waals surface area (Å²) >= 11 is 3.14. The maximum Gasteiger partial charge on any atom is 0.328 e. The molecule has 116 valence electrons. The highest BCUT2D eigenvalue weighted by Gasteiger charge is 2.29. The molecule has 2 rings (SSSR count). The van der Waals surface area contributed by atoms with E-state index in [1.54, 1.807) is 19.1 Å². The molecule has 1 aromatic rings. The summed E-state index contributed by atoms with van der Waals surface area (Å²) in [4.78, 5) is 14.4. The molecule has 1 heterocycles. The van der Waals surface area contributed by atoms with Crippen molar-refractivity contribution in [3.63, 3.8) is 0 Å². The summed E-state index contributed by atoms with van der Waals surface area (Å²) in [5.41, 5.74) is 0.635. The Bertz CT molecular complexity index is 491. The van der Waals surface area contributed by atoms with Gasteiger partial charge in [0.1, 0.15) is 11.9 Å². The summed E-state index contributed by atoms with van der Waals surface area (Å²) in [6.45, 7) is 5.37. The Balaban J connectivity index is 2.29. The minimum absolute atomic E-state index is 0.318. The zero-order valence-corrected chi connectivity index (χ0v) is 13.7. The van der Waals surface area contributed by atoms with Gasteiger partial charge in [-0.1, -0.05) is 6.07 Å². The highest BCUT2D eigenvalue weighted by molar-refractivity contribution is 9.10. The van der Waals surface area contributed by atoms with Crippen LogP contribution in [0.3, 0.4) is 0 Å². The zero-order valence-electron chi connectivity index (χ0n) is 12.1. The fourth-order valence-corrected chi connectivity index (χ4v) is 2.77. The van der Waals surface area contributed by atoms with Crippen LogP contribution in [-0.2, 0) is 9.53 Å². The molecule has 0 bridgehead atoms. The fraction of sp³-hybridized carbons (Fsp3) is 0.533. The number of carbonyl (C=O) groups excluding carboxylic acids is 1. The van der Waals surface area contributed by atoms with E-state index >= 15 is 0 Å². The Morgan fingerprint density at radius 2 is 2.29 bits per heavy atom. The van der Waals surface area contributed by atoms with Crippen LogP contribution in [0.4, 0.5) is 4.39 Å². The topological polar surface area (TPSA) is 41.6 Å². The first-order valence-corrected chi connectivity index (χ1v) is 7.99. The van der Waals surface area contributed by atoms with E-state index in [1.165, 1.54) is 6.07 Å². The van der Waals surface area contributed by atoms with Gasteiger partial charge < -0.3 is 10.1 Å². The number of nitrogens with one attached hydrogen (secondary N) is 1. The third-order valence-electron chi connectivity index (χ3n) is 3.51. The number of hydrogen-bond acceptors (Lipinski definition) is 4. The fourth-order valence-electron chi connectivity index (χ4n) is 2.52. The second kappa shape index (κ2) is 7.87. The first kappa shape index (κ1) is 16.4. The molecule has 0 amide bonds. The summed E-state index contributed by atoms with van der Waals surface area (Å²) in [6.07, 6.45) is 0.953. The third kappa shape index (κ3) is 4.25. The van der Waals surface area contributed by atoms with Gasteiger partial charge in [-0.05, 0) is 53.5 Å². The van der Waals surface area contributed by atoms with Crippen molar-refractivity contribution in [2.24, 2.45) is 0 Å². The highest BCUT2D eigenvalue weighted by atomic mass is 79.9. The van der Waals surface area contributed by atoms with Crippen LogP contribution in [0.5, 0.6) is 0 Å². The van der Waals surface area contributed by atoms with Crippen LogP contribution in [0.15, 0.2) is 22.7 Å². The number of hydrogen-bond donors (Lipinski definition) is 1. The van der Waals surface area contributed by atoms with Gasteiger partial charge in [0.25, 0.3) is 0 Å². The van der Waals surface area contributed by atoms with Gasteiger partial charge in [-0.15, -0.1) is 0 Å². The average Bonchev–Trinajstić information content (AvgIpc) is 2.72. The van der Waals surface area contributed by atoms with E-state index in [4.69, 9.17) is 4.74 Å². The number of benzene rings is 1. The molecule has 1 aromatic carbocycles. The molecule has 1 aliphatic rings. The Morgan fingerprint density at radius 1 is 1.48 bits per heavy atom. The van der Waals surface area contributed by atoms with E-state index in [1.807, 2.05) is 0 Å². The molecule has 0 saturated carbocycles. The molecule has 4 nitrogen and oxygen atoms in total. The molecule has 0 aromatic heterocycles. The van der Waals surface area contributed by atoms with Crippen LogP contribution in [0.25, 0.3) is 0 Å². The van der Waals surface area contributed by atoms with Gasteiger partial charge in [0, 0.05) is 19.6 Å². The largest absolute Gasteiger partial charge is 0.465 e. The van der Waals surface area contributed by atoms with Crippen LogP contribution in [-0.4, -0.2) is 43.7 Å². The van der Waals surface area contributed by atoms with E-state index in [9.17, 15) is 9.18 Å². The van der Waals surface area contributed by atoms with Crippen LogP contribution < -0.4 is 5.32 Å². The van der Waals surface area contributed by atoms with E-state index in [0.29, 0.717) is 16.6 Å². The minimum atomic E-state index is -0.549. The lowest BCUT2D eigenvalue weighted by atomic mass is 10.0. The SMILES string of the molecule is CCOC(=O)C(c1ccc(Br)c(F)c1)N1CCCNCC1. The predicted molar refractivity (Wildman–Crippen MR) is 82.5 cm³/mol.